The normalized spacial score (nSPS) is 11.1. The van der Waals surface area contributed by atoms with Gasteiger partial charge < -0.3 is 5.32 Å². The van der Waals surface area contributed by atoms with Crippen LogP contribution in [0.4, 0.5) is 5.13 Å². The molecule has 0 aliphatic rings. The second-order valence-corrected chi connectivity index (χ2v) is 6.84. The predicted octanol–water partition coefficient (Wildman–Crippen LogP) is 5.19. The Morgan fingerprint density at radius 2 is 2.00 bits per heavy atom. The van der Waals surface area contributed by atoms with Gasteiger partial charge in [0.2, 0.25) is 0 Å². The molecule has 0 saturated heterocycles. The van der Waals surface area contributed by atoms with Crippen molar-refractivity contribution < 1.29 is 0 Å². The molecule has 0 unspecified atom stereocenters. The molecule has 0 saturated carbocycles. The number of aryl methyl sites for hydroxylation is 1. The Kier molecular flexibility index (Phi) is 3.73. The second-order valence-electron chi connectivity index (χ2n) is 4.18. The number of thiophene rings is 1. The van der Waals surface area contributed by atoms with Crippen molar-refractivity contribution in [3.8, 4) is 0 Å². The largest absolute Gasteiger partial charge is 0.357 e. The molecule has 19 heavy (non-hydrogen) atoms. The van der Waals surface area contributed by atoms with E-state index in [1.807, 2.05) is 29.5 Å². The molecule has 1 N–H and O–H groups in total. The number of nitrogens with zero attached hydrogens (tertiary/aromatic N) is 1. The van der Waals surface area contributed by atoms with Crippen molar-refractivity contribution in [2.45, 2.75) is 19.9 Å². The summed E-state index contributed by atoms with van der Waals surface area (Å²) in [6.07, 6.45) is 1.10. The van der Waals surface area contributed by atoms with Crippen LogP contribution in [0.15, 0.2) is 30.3 Å². The Bertz CT molecular complexity index is 702. The minimum atomic E-state index is 0.771. The van der Waals surface area contributed by atoms with E-state index in [1.54, 1.807) is 11.3 Å². The van der Waals surface area contributed by atoms with Gasteiger partial charge in [-0.1, -0.05) is 35.9 Å². The summed E-state index contributed by atoms with van der Waals surface area (Å²) in [6.45, 7) is 3.00. The molecular weight excluding hydrogens is 296 g/mol. The highest BCUT2D eigenvalue weighted by Crippen LogP contribution is 2.32. The molecule has 5 heteroatoms. The molecular formula is C14H13ClN2S2. The fourth-order valence-corrected chi connectivity index (χ4v) is 3.91. The number of thiazole rings is 1. The number of hydrogen-bond donors (Lipinski definition) is 1. The SMILES string of the molecule is CCc1ccc(CNc2nc3cccc(Cl)c3s2)s1. The van der Waals surface area contributed by atoms with Gasteiger partial charge in [0, 0.05) is 9.75 Å². The zero-order valence-electron chi connectivity index (χ0n) is 10.4. The smallest absolute Gasteiger partial charge is 0.184 e. The van der Waals surface area contributed by atoms with E-state index in [9.17, 15) is 0 Å². The minimum absolute atomic E-state index is 0.771. The predicted molar refractivity (Wildman–Crippen MR) is 85.7 cm³/mol. The summed E-state index contributed by atoms with van der Waals surface area (Å²) in [5, 5.41) is 5.07. The van der Waals surface area contributed by atoms with Gasteiger partial charge in [-0.2, -0.15) is 0 Å². The highest BCUT2D eigenvalue weighted by Gasteiger charge is 2.06. The van der Waals surface area contributed by atoms with Crippen LogP contribution in [0.3, 0.4) is 0 Å². The molecule has 0 aliphatic heterocycles. The van der Waals surface area contributed by atoms with Crippen LogP contribution >= 0.6 is 34.3 Å². The number of aromatic nitrogens is 1. The van der Waals surface area contributed by atoms with Crippen molar-refractivity contribution in [3.05, 3.63) is 45.1 Å². The van der Waals surface area contributed by atoms with Crippen molar-refractivity contribution in [1.29, 1.82) is 0 Å². The molecule has 3 aromatic rings. The van der Waals surface area contributed by atoms with Crippen LogP contribution in [0.5, 0.6) is 0 Å². The van der Waals surface area contributed by atoms with E-state index in [-0.39, 0.29) is 0 Å². The van der Waals surface area contributed by atoms with E-state index < -0.39 is 0 Å². The first-order valence-electron chi connectivity index (χ1n) is 6.13. The van der Waals surface area contributed by atoms with Gasteiger partial charge in [-0.3, -0.25) is 0 Å². The Hall–Kier alpha value is -1.10. The van der Waals surface area contributed by atoms with Gasteiger partial charge in [0.05, 0.1) is 21.8 Å². The van der Waals surface area contributed by atoms with Crippen LogP contribution in [0.25, 0.3) is 10.2 Å². The van der Waals surface area contributed by atoms with Gasteiger partial charge in [-0.05, 0) is 30.7 Å². The molecule has 3 rings (SSSR count). The first-order chi connectivity index (χ1) is 9.26. The summed E-state index contributed by atoms with van der Waals surface area (Å²) in [6, 6.07) is 10.2. The monoisotopic (exact) mass is 308 g/mol. The molecule has 2 nitrogen and oxygen atoms in total. The highest BCUT2D eigenvalue weighted by atomic mass is 35.5. The number of rotatable bonds is 4. The van der Waals surface area contributed by atoms with Gasteiger partial charge >= 0.3 is 0 Å². The van der Waals surface area contributed by atoms with Crippen LogP contribution in [-0.2, 0) is 13.0 Å². The highest BCUT2D eigenvalue weighted by molar-refractivity contribution is 7.22. The third-order valence-electron chi connectivity index (χ3n) is 2.85. The molecule has 1 aromatic carbocycles. The Labute approximate surface area is 125 Å². The van der Waals surface area contributed by atoms with Crippen molar-refractivity contribution >= 4 is 49.6 Å². The third kappa shape index (κ3) is 2.76. The summed E-state index contributed by atoms with van der Waals surface area (Å²) in [7, 11) is 0. The van der Waals surface area contributed by atoms with Gasteiger partial charge in [0.1, 0.15) is 0 Å². The fourth-order valence-electron chi connectivity index (χ4n) is 1.86. The number of anilines is 1. The summed E-state index contributed by atoms with van der Waals surface area (Å²) < 4.78 is 1.05. The van der Waals surface area contributed by atoms with E-state index in [1.165, 1.54) is 9.75 Å². The number of hydrogen-bond acceptors (Lipinski definition) is 4. The van der Waals surface area contributed by atoms with Crippen LogP contribution in [0.2, 0.25) is 5.02 Å². The fraction of sp³-hybridized carbons (Fsp3) is 0.214. The van der Waals surface area contributed by atoms with E-state index in [0.717, 1.165) is 33.3 Å². The van der Waals surface area contributed by atoms with Crippen molar-refractivity contribution in [1.82, 2.24) is 4.98 Å². The standard InChI is InChI=1S/C14H13ClN2S2/c1-2-9-6-7-10(18-9)8-16-14-17-12-5-3-4-11(15)13(12)19-14/h3-7H,2,8H2,1H3,(H,16,17). The average molecular weight is 309 g/mol. The summed E-state index contributed by atoms with van der Waals surface area (Å²) >= 11 is 9.61. The second kappa shape index (κ2) is 5.49. The lowest BCUT2D eigenvalue weighted by molar-refractivity contribution is 1.18. The number of nitrogens with one attached hydrogen (secondary N) is 1. The summed E-state index contributed by atoms with van der Waals surface area (Å²) in [5.74, 6) is 0. The zero-order chi connectivity index (χ0) is 13.2. The topological polar surface area (TPSA) is 24.9 Å². The quantitative estimate of drug-likeness (QED) is 0.718. The Morgan fingerprint density at radius 1 is 1.16 bits per heavy atom. The van der Waals surface area contributed by atoms with Gasteiger partial charge in [-0.15, -0.1) is 11.3 Å². The molecule has 0 aliphatic carbocycles. The van der Waals surface area contributed by atoms with E-state index in [4.69, 9.17) is 11.6 Å². The average Bonchev–Trinajstić information content (AvgIpc) is 3.03. The van der Waals surface area contributed by atoms with E-state index in [0.29, 0.717) is 0 Å². The molecule has 0 amide bonds. The Balaban J connectivity index is 1.76. The lowest BCUT2D eigenvalue weighted by atomic mass is 10.3. The maximum atomic E-state index is 6.15. The third-order valence-corrected chi connectivity index (χ3v) is 5.57. The van der Waals surface area contributed by atoms with E-state index in [2.05, 4.69) is 29.4 Å². The molecule has 0 atom stereocenters. The summed E-state index contributed by atoms with van der Waals surface area (Å²) in [4.78, 5) is 7.30. The van der Waals surface area contributed by atoms with Gasteiger partial charge in [0.15, 0.2) is 5.13 Å². The maximum Gasteiger partial charge on any atom is 0.184 e. The Morgan fingerprint density at radius 3 is 2.74 bits per heavy atom. The molecule has 0 fully saturated rings. The molecule has 2 aromatic heterocycles. The lowest BCUT2D eigenvalue weighted by Crippen LogP contribution is -1.95. The number of benzene rings is 1. The van der Waals surface area contributed by atoms with Gasteiger partial charge in [0.25, 0.3) is 0 Å². The van der Waals surface area contributed by atoms with Crippen molar-refractivity contribution in [3.63, 3.8) is 0 Å². The summed E-state index contributed by atoms with van der Waals surface area (Å²) in [5.41, 5.74) is 0.959. The van der Waals surface area contributed by atoms with Crippen molar-refractivity contribution in [2.75, 3.05) is 5.32 Å². The molecule has 2 heterocycles. The van der Waals surface area contributed by atoms with E-state index >= 15 is 0 Å². The minimum Gasteiger partial charge on any atom is -0.357 e. The molecule has 98 valence electrons. The molecule has 0 bridgehead atoms. The van der Waals surface area contributed by atoms with Crippen molar-refractivity contribution in [2.24, 2.45) is 0 Å². The first kappa shape index (κ1) is 12.9. The lowest BCUT2D eigenvalue weighted by Gasteiger charge is -1.98. The zero-order valence-corrected chi connectivity index (χ0v) is 12.8. The van der Waals surface area contributed by atoms with Gasteiger partial charge in [-0.25, -0.2) is 4.98 Å². The van der Waals surface area contributed by atoms with Crippen LogP contribution in [0.1, 0.15) is 16.7 Å². The number of halogens is 1. The van der Waals surface area contributed by atoms with Crippen LogP contribution < -0.4 is 5.32 Å². The first-order valence-corrected chi connectivity index (χ1v) is 8.14. The molecule has 0 radical (unpaired) electrons. The maximum absolute atomic E-state index is 6.15. The number of fused-ring (bicyclic) bond motifs is 1. The van der Waals surface area contributed by atoms with Crippen LogP contribution in [-0.4, -0.2) is 4.98 Å². The van der Waals surface area contributed by atoms with Crippen LogP contribution in [0, 0.1) is 0 Å². The molecule has 0 spiro atoms.